The Kier molecular flexibility index (Phi) is 3.41. The summed E-state index contributed by atoms with van der Waals surface area (Å²) in [5, 5.41) is 3.38. The molecule has 1 aromatic carbocycles. The van der Waals surface area contributed by atoms with E-state index in [9.17, 15) is 4.79 Å². The van der Waals surface area contributed by atoms with Gasteiger partial charge in [0.1, 0.15) is 0 Å². The number of esters is 1. The van der Waals surface area contributed by atoms with Crippen LogP contribution in [0.2, 0.25) is 0 Å². The molecule has 0 saturated carbocycles. The highest BCUT2D eigenvalue weighted by atomic mass is 16.5. The minimum Gasteiger partial charge on any atom is -0.461 e. The number of anilines is 1. The molecule has 1 aliphatic heterocycles. The molecule has 104 valence electrons. The fraction of sp³-hybridized carbons (Fsp3) is 0.333. The summed E-state index contributed by atoms with van der Waals surface area (Å²) in [7, 11) is 0. The van der Waals surface area contributed by atoms with Crippen LogP contribution in [0.5, 0.6) is 0 Å². The molecule has 0 atom stereocenters. The van der Waals surface area contributed by atoms with Gasteiger partial charge in [0.2, 0.25) is 0 Å². The lowest BCUT2D eigenvalue weighted by atomic mass is 10.0. The zero-order chi connectivity index (χ0) is 13.9. The second kappa shape index (κ2) is 5.36. The number of nitrogens with zero attached hydrogens (tertiary/aromatic N) is 2. The van der Waals surface area contributed by atoms with Crippen molar-refractivity contribution >= 4 is 11.7 Å². The Balaban J connectivity index is 1.97. The predicted molar refractivity (Wildman–Crippen MR) is 76.3 cm³/mol. The molecule has 1 aliphatic rings. The number of rotatable bonds is 3. The fourth-order valence-corrected chi connectivity index (χ4v) is 2.47. The lowest BCUT2D eigenvalue weighted by Gasteiger charge is -2.19. The number of benzene rings is 1. The first-order valence-corrected chi connectivity index (χ1v) is 6.86. The van der Waals surface area contributed by atoms with E-state index in [1.807, 2.05) is 6.07 Å². The van der Waals surface area contributed by atoms with Crippen molar-refractivity contribution in [3.8, 4) is 5.69 Å². The van der Waals surface area contributed by atoms with Crippen molar-refractivity contribution in [3.63, 3.8) is 0 Å². The number of carbonyl (C=O) groups excluding carboxylic acids is 1. The van der Waals surface area contributed by atoms with Crippen molar-refractivity contribution in [2.75, 3.05) is 18.5 Å². The van der Waals surface area contributed by atoms with Gasteiger partial charge in [-0.2, -0.15) is 0 Å². The van der Waals surface area contributed by atoms with Crippen LogP contribution in [0.25, 0.3) is 5.69 Å². The fourth-order valence-electron chi connectivity index (χ4n) is 2.47. The first-order chi connectivity index (χ1) is 9.79. The van der Waals surface area contributed by atoms with Crippen LogP contribution in [0.15, 0.2) is 30.7 Å². The van der Waals surface area contributed by atoms with Crippen LogP contribution in [0.4, 0.5) is 5.69 Å². The number of carbonyl (C=O) groups is 1. The molecule has 0 amide bonds. The van der Waals surface area contributed by atoms with Gasteiger partial charge in [-0.05, 0) is 43.5 Å². The van der Waals surface area contributed by atoms with E-state index in [0.717, 1.165) is 25.1 Å². The standard InChI is InChI=1S/C15H17N3O2/c1-2-20-15(19)14-9-16-10-18(14)12-5-6-13-11(8-12)4-3-7-17-13/h5-6,8-10,17H,2-4,7H2,1H3. The van der Waals surface area contributed by atoms with Crippen LogP contribution in [0.1, 0.15) is 29.4 Å². The van der Waals surface area contributed by atoms with Crippen molar-refractivity contribution in [1.29, 1.82) is 0 Å². The Morgan fingerprint density at radius 3 is 3.25 bits per heavy atom. The smallest absolute Gasteiger partial charge is 0.356 e. The number of hydrogen-bond donors (Lipinski definition) is 1. The molecule has 0 saturated heterocycles. The van der Waals surface area contributed by atoms with Crippen LogP contribution in [-0.4, -0.2) is 28.7 Å². The van der Waals surface area contributed by atoms with Crippen LogP contribution < -0.4 is 5.32 Å². The summed E-state index contributed by atoms with van der Waals surface area (Å²) in [5.74, 6) is -0.346. The van der Waals surface area contributed by atoms with Crippen molar-refractivity contribution in [1.82, 2.24) is 9.55 Å². The minimum absolute atomic E-state index is 0.346. The summed E-state index contributed by atoms with van der Waals surface area (Å²) < 4.78 is 6.82. The molecule has 0 unspecified atom stereocenters. The van der Waals surface area contributed by atoms with Crippen molar-refractivity contribution in [3.05, 3.63) is 42.0 Å². The quantitative estimate of drug-likeness (QED) is 0.871. The Bertz CT molecular complexity index is 634. The highest BCUT2D eigenvalue weighted by Gasteiger charge is 2.15. The Morgan fingerprint density at radius 1 is 1.50 bits per heavy atom. The average Bonchev–Trinajstić information content (AvgIpc) is 2.96. The number of hydrogen-bond acceptors (Lipinski definition) is 4. The van der Waals surface area contributed by atoms with Gasteiger partial charge in [-0.25, -0.2) is 9.78 Å². The van der Waals surface area contributed by atoms with Crippen LogP contribution in [-0.2, 0) is 11.2 Å². The molecule has 0 radical (unpaired) electrons. The van der Waals surface area contributed by atoms with E-state index in [1.165, 1.54) is 17.4 Å². The second-order valence-corrected chi connectivity index (χ2v) is 4.74. The van der Waals surface area contributed by atoms with E-state index in [0.29, 0.717) is 12.3 Å². The van der Waals surface area contributed by atoms with E-state index >= 15 is 0 Å². The van der Waals surface area contributed by atoms with Gasteiger partial charge in [-0.3, -0.25) is 4.57 Å². The number of ether oxygens (including phenoxy) is 1. The molecule has 20 heavy (non-hydrogen) atoms. The molecular weight excluding hydrogens is 254 g/mol. The predicted octanol–water partition coefficient (Wildman–Crippen LogP) is 2.41. The molecular formula is C15H17N3O2. The largest absolute Gasteiger partial charge is 0.461 e. The Labute approximate surface area is 117 Å². The maximum Gasteiger partial charge on any atom is 0.356 e. The maximum atomic E-state index is 11.9. The molecule has 0 bridgehead atoms. The number of imidazole rings is 1. The third-order valence-electron chi connectivity index (χ3n) is 3.43. The number of aryl methyl sites for hydroxylation is 1. The topological polar surface area (TPSA) is 56.1 Å². The van der Waals surface area contributed by atoms with E-state index in [-0.39, 0.29) is 5.97 Å². The second-order valence-electron chi connectivity index (χ2n) is 4.74. The van der Waals surface area contributed by atoms with E-state index in [1.54, 1.807) is 17.8 Å². The normalized spacial score (nSPS) is 13.4. The third kappa shape index (κ3) is 2.27. The molecule has 5 nitrogen and oxygen atoms in total. The van der Waals surface area contributed by atoms with E-state index < -0.39 is 0 Å². The average molecular weight is 271 g/mol. The molecule has 3 rings (SSSR count). The monoisotopic (exact) mass is 271 g/mol. The first kappa shape index (κ1) is 12.7. The summed E-state index contributed by atoms with van der Waals surface area (Å²) >= 11 is 0. The van der Waals surface area contributed by atoms with Gasteiger partial charge in [0.05, 0.1) is 19.1 Å². The molecule has 5 heteroatoms. The van der Waals surface area contributed by atoms with Crippen LogP contribution in [0, 0.1) is 0 Å². The SMILES string of the molecule is CCOC(=O)c1cncn1-c1ccc2c(c1)CCCN2. The van der Waals surface area contributed by atoms with Gasteiger partial charge in [-0.1, -0.05) is 0 Å². The lowest BCUT2D eigenvalue weighted by Crippen LogP contribution is -2.13. The molecule has 0 spiro atoms. The first-order valence-electron chi connectivity index (χ1n) is 6.86. The minimum atomic E-state index is -0.346. The zero-order valence-corrected chi connectivity index (χ0v) is 11.4. The highest BCUT2D eigenvalue weighted by molar-refractivity contribution is 5.88. The van der Waals surface area contributed by atoms with Gasteiger partial charge in [-0.15, -0.1) is 0 Å². The summed E-state index contributed by atoms with van der Waals surface area (Å²) in [6.07, 6.45) is 5.37. The molecule has 1 aromatic heterocycles. The number of nitrogens with one attached hydrogen (secondary N) is 1. The molecule has 2 aromatic rings. The van der Waals surface area contributed by atoms with Gasteiger partial charge >= 0.3 is 5.97 Å². The number of aromatic nitrogens is 2. The lowest BCUT2D eigenvalue weighted by molar-refractivity contribution is 0.0517. The van der Waals surface area contributed by atoms with Gasteiger partial charge in [0.15, 0.2) is 5.69 Å². The van der Waals surface area contributed by atoms with Gasteiger partial charge in [0.25, 0.3) is 0 Å². The third-order valence-corrected chi connectivity index (χ3v) is 3.43. The van der Waals surface area contributed by atoms with Crippen LogP contribution in [0.3, 0.4) is 0 Å². The highest BCUT2D eigenvalue weighted by Crippen LogP contribution is 2.25. The summed E-state index contributed by atoms with van der Waals surface area (Å²) in [5.41, 5.74) is 3.85. The summed E-state index contributed by atoms with van der Waals surface area (Å²) in [6.45, 7) is 3.17. The van der Waals surface area contributed by atoms with Crippen LogP contribution >= 0.6 is 0 Å². The molecule has 0 aliphatic carbocycles. The van der Waals surface area contributed by atoms with Gasteiger partial charge < -0.3 is 10.1 Å². The van der Waals surface area contributed by atoms with E-state index in [2.05, 4.69) is 22.4 Å². The van der Waals surface area contributed by atoms with E-state index in [4.69, 9.17) is 4.74 Å². The summed E-state index contributed by atoms with van der Waals surface area (Å²) in [6, 6.07) is 6.15. The number of fused-ring (bicyclic) bond motifs is 1. The Morgan fingerprint density at radius 2 is 2.40 bits per heavy atom. The molecule has 1 N–H and O–H groups in total. The van der Waals surface area contributed by atoms with Crippen molar-refractivity contribution < 1.29 is 9.53 Å². The zero-order valence-electron chi connectivity index (χ0n) is 11.4. The van der Waals surface area contributed by atoms with Gasteiger partial charge in [0, 0.05) is 17.9 Å². The molecule has 2 heterocycles. The maximum absolute atomic E-state index is 11.9. The summed E-state index contributed by atoms with van der Waals surface area (Å²) in [4.78, 5) is 16.0. The van der Waals surface area contributed by atoms with Crippen molar-refractivity contribution in [2.45, 2.75) is 19.8 Å². The van der Waals surface area contributed by atoms with Crippen molar-refractivity contribution in [2.24, 2.45) is 0 Å². The molecule has 0 fully saturated rings. The Hall–Kier alpha value is -2.30.